The topological polar surface area (TPSA) is 66.4 Å². The van der Waals surface area contributed by atoms with Gasteiger partial charge in [0.25, 0.3) is 0 Å². The van der Waals surface area contributed by atoms with Gasteiger partial charge in [-0.3, -0.25) is 4.79 Å². The first-order valence-corrected chi connectivity index (χ1v) is 9.16. The first-order valence-electron chi connectivity index (χ1n) is 7.55. The van der Waals surface area contributed by atoms with E-state index in [0.717, 1.165) is 5.56 Å². The first-order chi connectivity index (χ1) is 10.7. The number of thiol groups is 1. The summed E-state index contributed by atoms with van der Waals surface area (Å²) in [7, 11) is 0. The standard InChI is InChI=1S/C17H25NO3S2/c1-17(2,3)23-11-14(16(20)21)18-15(19)13(10-22)9-12-7-5-4-6-8-12/h4-8,13-14,22H,9-11H2,1-3H3,(H,18,19)(H,20,21)/t13?,14-/m0/s1. The molecule has 0 aliphatic heterocycles. The Labute approximate surface area is 147 Å². The van der Waals surface area contributed by atoms with Crippen LogP contribution in [-0.4, -0.2) is 39.3 Å². The fraction of sp³-hybridized carbons (Fsp3) is 0.529. The molecule has 0 saturated carbocycles. The van der Waals surface area contributed by atoms with E-state index in [1.807, 2.05) is 51.1 Å². The van der Waals surface area contributed by atoms with E-state index in [4.69, 9.17) is 0 Å². The van der Waals surface area contributed by atoms with E-state index in [1.54, 1.807) is 0 Å². The third kappa shape index (κ3) is 7.79. The summed E-state index contributed by atoms with van der Waals surface area (Å²) in [5, 5.41) is 12.0. The van der Waals surface area contributed by atoms with Crippen LogP contribution in [0.25, 0.3) is 0 Å². The molecule has 1 unspecified atom stereocenters. The van der Waals surface area contributed by atoms with Crippen molar-refractivity contribution in [1.82, 2.24) is 5.32 Å². The van der Waals surface area contributed by atoms with E-state index in [2.05, 4.69) is 17.9 Å². The molecule has 23 heavy (non-hydrogen) atoms. The predicted octanol–water partition coefficient (Wildman–Crippen LogP) is 2.88. The lowest BCUT2D eigenvalue weighted by atomic mass is 10.00. The van der Waals surface area contributed by atoms with Gasteiger partial charge in [-0.25, -0.2) is 4.79 Å². The minimum atomic E-state index is -1.01. The molecule has 6 heteroatoms. The molecule has 0 bridgehead atoms. The van der Waals surface area contributed by atoms with Crippen LogP contribution in [0.3, 0.4) is 0 Å². The Morgan fingerprint density at radius 3 is 2.35 bits per heavy atom. The van der Waals surface area contributed by atoms with Gasteiger partial charge in [-0.05, 0) is 12.0 Å². The van der Waals surface area contributed by atoms with Crippen LogP contribution in [0, 0.1) is 5.92 Å². The second-order valence-corrected chi connectivity index (χ2v) is 8.60. The molecule has 4 nitrogen and oxygen atoms in total. The molecule has 1 rings (SSSR count). The third-order valence-corrected chi connectivity index (χ3v) is 5.02. The molecule has 0 saturated heterocycles. The molecule has 1 amide bonds. The monoisotopic (exact) mass is 355 g/mol. The largest absolute Gasteiger partial charge is 0.480 e. The van der Waals surface area contributed by atoms with Crippen LogP contribution in [0.4, 0.5) is 0 Å². The zero-order valence-corrected chi connectivity index (χ0v) is 15.5. The Morgan fingerprint density at radius 1 is 1.26 bits per heavy atom. The van der Waals surface area contributed by atoms with E-state index in [1.165, 1.54) is 11.8 Å². The number of aliphatic carboxylic acids is 1. The second kappa shape index (κ2) is 9.23. The van der Waals surface area contributed by atoms with Gasteiger partial charge >= 0.3 is 5.97 Å². The van der Waals surface area contributed by atoms with Gasteiger partial charge in [-0.2, -0.15) is 24.4 Å². The Hall–Kier alpha value is -1.14. The Balaban J connectivity index is 2.66. The Kier molecular flexibility index (Phi) is 7.99. The van der Waals surface area contributed by atoms with Crippen molar-refractivity contribution in [1.29, 1.82) is 0 Å². The fourth-order valence-electron chi connectivity index (χ4n) is 1.94. The van der Waals surface area contributed by atoms with Crippen LogP contribution in [0.5, 0.6) is 0 Å². The molecule has 0 aliphatic rings. The van der Waals surface area contributed by atoms with Gasteiger partial charge in [0.1, 0.15) is 6.04 Å². The van der Waals surface area contributed by atoms with Gasteiger partial charge < -0.3 is 10.4 Å². The first kappa shape index (κ1) is 19.9. The van der Waals surface area contributed by atoms with Crippen LogP contribution in [0.1, 0.15) is 26.3 Å². The van der Waals surface area contributed by atoms with Gasteiger partial charge in [-0.1, -0.05) is 51.1 Å². The number of hydrogen-bond donors (Lipinski definition) is 3. The molecule has 0 fully saturated rings. The van der Waals surface area contributed by atoms with E-state index >= 15 is 0 Å². The van der Waals surface area contributed by atoms with Crippen LogP contribution in [0.2, 0.25) is 0 Å². The SMILES string of the molecule is CC(C)(C)SC[C@H](NC(=O)C(CS)Cc1ccccc1)C(=O)O. The number of carbonyl (C=O) groups is 2. The average Bonchev–Trinajstić information content (AvgIpc) is 2.48. The van der Waals surface area contributed by atoms with E-state index in [-0.39, 0.29) is 16.6 Å². The number of rotatable bonds is 8. The highest BCUT2D eigenvalue weighted by molar-refractivity contribution is 8.00. The maximum atomic E-state index is 12.4. The number of carboxylic acid groups (broad SMARTS) is 1. The van der Waals surface area contributed by atoms with Crippen molar-refractivity contribution in [2.24, 2.45) is 5.92 Å². The van der Waals surface area contributed by atoms with Crippen molar-refractivity contribution < 1.29 is 14.7 Å². The van der Waals surface area contributed by atoms with Crippen molar-refractivity contribution in [2.45, 2.75) is 38.0 Å². The molecule has 0 aromatic heterocycles. The summed E-state index contributed by atoms with van der Waals surface area (Å²) >= 11 is 5.76. The minimum absolute atomic E-state index is 0.0502. The van der Waals surface area contributed by atoms with E-state index < -0.39 is 12.0 Å². The summed E-state index contributed by atoms with van der Waals surface area (Å²) in [6.45, 7) is 6.05. The average molecular weight is 356 g/mol. The van der Waals surface area contributed by atoms with Crippen LogP contribution in [-0.2, 0) is 16.0 Å². The van der Waals surface area contributed by atoms with E-state index in [9.17, 15) is 14.7 Å². The molecular formula is C17H25NO3S2. The molecular weight excluding hydrogens is 330 g/mol. The highest BCUT2D eigenvalue weighted by atomic mass is 32.2. The van der Waals surface area contributed by atoms with Crippen LogP contribution in [0.15, 0.2) is 30.3 Å². The van der Waals surface area contributed by atoms with Gasteiger partial charge in [-0.15, -0.1) is 0 Å². The molecule has 128 valence electrons. The molecule has 2 atom stereocenters. The van der Waals surface area contributed by atoms with Crippen molar-refractivity contribution in [3.63, 3.8) is 0 Å². The molecule has 0 heterocycles. The molecule has 0 aliphatic carbocycles. The quantitative estimate of drug-likeness (QED) is 0.627. The maximum absolute atomic E-state index is 12.4. The predicted molar refractivity (Wildman–Crippen MR) is 99.3 cm³/mol. The molecule has 0 radical (unpaired) electrons. The third-order valence-electron chi connectivity index (χ3n) is 3.21. The lowest BCUT2D eigenvalue weighted by molar-refractivity contribution is -0.141. The molecule has 0 spiro atoms. The summed E-state index contributed by atoms with van der Waals surface area (Å²) in [6, 6.07) is 8.78. The minimum Gasteiger partial charge on any atom is -0.480 e. The summed E-state index contributed by atoms with van der Waals surface area (Å²) in [6.07, 6.45) is 0.551. The number of nitrogens with one attached hydrogen (secondary N) is 1. The lowest BCUT2D eigenvalue weighted by Crippen LogP contribution is -2.46. The number of thioether (sulfide) groups is 1. The smallest absolute Gasteiger partial charge is 0.327 e. The van der Waals surface area contributed by atoms with E-state index in [0.29, 0.717) is 17.9 Å². The zero-order valence-electron chi connectivity index (χ0n) is 13.8. The summed E-state index contributed by atoms with van der Waals surface area (Å²) < 4.78 is -0.0502. The number of benzene rings is 1. The van der Waals surface area contributed by atoms with Crippen molar-refractivity contribution in [3.05, 3.63) is 35.9 Å². The highest BCUT2D eigenvalue weighted by Gasteiger charge is 2.26. The van der Waals surface area contributed by atoms with Gasteiger partial charge in [0, 0.05) is 16.3 Å². The van der Waals surface area contributed by atoms with Crippen molar-refractivity contribution in [3.8, 4) is 0 Å². The maximum Gasteiger partial charge on any atom is 0.327 e. The Morgan fingerprint density at radius 2 is 1.87 bits per heavy atom. The second-order valence-electron chi connectivity index (χ2n) is 6.39. The summed E-state index contributed by atoms with van der Waals surface area (Å²) in [4.78, 5) is 23.8. The van der Waals surface area contributed by atoms with Crippen LogP contribution < -0.4 is 5.32 Å². The number of carbonyl (C=O) groups excluding carboxylic acids is 1. The lowest BCUT2D eigenvalue weighted by Gasteiger charge is -2.23. The van der Waals surface area contributed by atoms with Crippen LogP contribution >= 0.6 is 24.4 Å². The van der Waals surface area contributed by atoms with Gasteiger partial charge in [0.15, 0.2) is 0 Å². The van der Waals surface area contributed by atoms with Crippen molar-refractivity contribution >= 4 is 36.3 Å². The van der Waals surface area contributed by atoms with Gasteiger partial charge in [0.05, 0.1) is 5.92 Å². The molecule has 2 N–H and O–H groups in total. The zero-order chi connectivity index (χ0) is 17.5. The fourth-order valence-corrected chi connectivity index (χ4v) is 3.12. The number of hydrogen-bond acceptors (Lipinski definition) is 4. The normalized spacial score (nSPS) is 14.1. The van der Waals surface area contributed by atoms with Crippen molar-refractivity contribution in [2.75, 3.05) is 11.5 Å². The molecule has 1 aromatic carbocycles. The number of carboxylic acids is 1. The Bertz CT molecular complexity index is 514. The molecule has 1 aromatic rings. The summed E-state index contributed by atoms with van der Waals surface area (Å²) in [5.74, 6) is -0.894. The summed E-state index contributed by atoms with van der Waals surface area (Å²) in [5.41, 5.74) is 1.04. The van der Waals surface area contributed by atoms with Gasteiger partial charge in [0.2, 0.25) is 5.91 Å². The number of amides is 1. The highest BCUT2D eigenvalue weighted by Crippen LogP contribution is 2.24.